The number of aliphatic hydroxyl groups is 1. The number of alkyl halides is 1. The van der Waals surface area contributed by atoms with Gasteiger partial charge in [-0.3, -0.25) is 18.3 Å². The van der Waals surface area contributed by atoms with Gasteiger partial charge in [0.05, 0.1) is 6.61 Å². The summed E-state index contributed by atoms with van der Waals surface area (Å²) in [7, 11) is -17.9. The summed E-state index contributed by atoms with van der Waals surface area (Å²) >= 11 is 0. The largest absolute Gasteiger partial charge is 1.00 e. The summed E-state index contributed by atoms with van der Waals surface area (Å²) in [5.41, 5.74) is 4.24. The van der Waals surface area contributed by atoms with Gasteiger partial charge >= 0.3 is 62.3 Å². The number of nitrogens with zero attached hydrogens (tertiary/aromatic N) is 2. The van der Waals surface area contributed by atoms with Crippen molar-refractivity contribution < 1.29 is 117 Å². The Hall–Kier alpha value is 0.732. The van der Waals surface area contributed by atoms with Crippen LogP contribution in [0.3, 0.4) is 0 Å². The SMILES string of the molecule is Nc1ccn([C@@H]2O[C@H](COP(=O)([O-])OP(=O)([O-])OP(=O)([O-])O)[C@@H](O)[C@H]2F)c(=O)n1.[Li+].[Li+].[Li+]. The number of hydrogen-bond donors (Lipinski definition) is 3. The first kappa shape index (κ1) is 34.9. The van der Waals surface area contributed by atoms with Crippen LogP contribution in [0.2, 0.25) is 0 Å². The van der Waals surface area contributed by atoms with E-state index in [0.717, 1.165) is 12.3 Å². The van der Waals surface area contributed by atoms with Crippen molar-refractivity contribution in [1.82, 2.24) is 9.55 Å². The molecule has 1 aliphatic rings. The van der Waals surface area contributed by atoms with E-state index in [1.165, 1.54) is 0 Å². The minimum Gasteiger partial charge on any atom is -0.756 e. The van der Waals surface area contributed by atoms with Crippen molar-refractivity contribution in [2.45, 2.75) is 24.6 Å². The quantitative estimate of drug-likeness (QED) is 0.220. The molecule has 4 N–H and O–H groups in total. The second kappa shape index (κ2) is 13.2. The topological polar surface area (TPSA) is 259 Å². The summed E-state index contributed by atoms with van der Waals surface area (Å²) in [5, 5.41) is 9.79. The fraction of sp³-hybridized carbons (Fsp3) is 0.556. The number of phosphoric ester groups is 1. The van der Waals surface area contributed by atoms with Crippen molar-refractivity contribution >= 4 is 29.3 Å². The minimum atomic E-state index is -6.11. The van der Waals surface area contributed by atoms with Crippen LogP contribution in [0.4, 0.5) is 10.2 Å². The van der Waals surface area contributed by atoms with Crippen LogP contribution in [-0.2, 0) is 31.6 Å². The average molecular weight is 503 g/mol. The molecule has 0 radical (unpaired) electrons. The Morgan fingerprint density at radius 2 is 1.75 bits per heavy atom. The number of nitrogens with two attached hydrogens (primary N) is 1. The maximum absolute atomic E-state index is 14.2. The minimum absolute atomic E-state index is 0. The number of rotatable bonds is 8. The Kier molecular flexibility index (Phi) is 14.3. The summed E-state index contributed by atoms with van der Waals surface area (Å²) in [6, 6.07) is 1.12. The maximum Gasteiger partial charge on any atom is 1.00 e. The second-order valence-corrected chi connectivity index (χ2v) is 9.65. The number of hydrogen-bond acceptors (Lipinski definition) is 14. The molecule has 7 atom stereocenters. The van der Waals surface area contributed by atoms with Gasteiger partial charge in [-0.1, -0.05) is 0 Å². The number of ether oxygens (including phenoxy) is 1. The molecule has 32 heavy (non-hydrogen) atoms. The van der Waals surface area contributed by atoms with Gasteiger partial charge in [-0.25, -0.2) is 17.8 Å². The number of nitrogen functional groups attached to an aromatic ring is 1. The standard InChI is InChI=1S/C9H15FN3O13P3.3Li/c10-6-7(14)4(24-8(6)13-2-1-5(11)12-9(13)15)3-23-28(19,20)26-29(21,22)25-27(16,17)18;;;/h1-2,4,6-8,14H,3H2,(H,19,20)(H,21,22)(H2,11,12,15)(H2,16,17,18);;;/q;3*+1/p-3/t4-,6-,7-,8-;;;/m1.../s1. The molecule has 1 fully saturated rings. The summed E-state index contributed by atoms with van der Waals surface area (Å²) in [6.45, 7) is -1.20. The molecule has 0 amide bonds. The molecule has 1 aromatic heterocycles. The Morgan fingerprint density at radius 1 is 1.19 bits per heavy atom. The van der Waals surface area contributed by atoms with Crippen LogP contribution in [-0.4, -0.2) is 44.5 Å². The molecule has 0 bridgehead atoms. The molecule has 1 saturated heterocycles. The van der Waals surface area contributed by atoms with E-state index in [4.69, 9.17) is 15.4 Å². The average Bonchev–Trinajstić information content (AvgIpc) is 2.78. The second-order valence-electron chi connectivity index (χ2n) is 5.36. The molecule has 3 unspecified atom stereocenters. The van der Waals surface area contributed by atoms with Crippen molar-refractivity contribution in [3.8, 4) is 0 Å². The van der Waals surface area contributed by atoms with Gasteiger partial charge in [-0.15, -0.1) is 0 Å². The fourth-order valence-electron chi connectivity index (χ4n) is 2.14. The van der Waals surface area contributed by atoms with Gasteiger partial charge in [0.25, 0.3) is 23.5 Å². The van der Waals surface area contributed by atoms with E-state index >= 15 is 0 Å². The predicted octanol–water partition coefficient (Wildman–Crippen LogP) is -12.1. The molecule has 23 heteroatoms. The molecule has 1 aromatic rings. The number of phosphoric acid groups is 3. The first-order valence-electron chi connectivity index (χ1n) is 7.16. The van der Waals surface area contributed by atoms with Crippen molar-refractivity contribution in [1.29, 1.82) is 0 Å². The van der Waals surface area contributed by atoms with Gasteiger partial charge in [0.15, 0.2) is 12.4 Å². The third kappa shape index (κ3) is 10.2. The van der Waals surface area contributed by atoms with E-state index < -0.39 is 60.4 Å². The summed E-state index contributed by atoms with van der Waals surface area (Å²) in [4.78, 5) is 56.2. The van der Waals surface area contributed by atoms with Crippen molar-refractivity contribution in [3.05, 3.63) is 22.7 Å². The van der Waals surface area contributed by atoms with E-state index in [1.54, 1.807) is 0 Å². The molecule has 0 aromatic carbocycles. The zero-order valence-electron chi connectivity index (χ0n) is 16.7. The number of anilines is 1. The Balaban J connectivity index is 0. The van der Waals surface area contributed by atoms with E-state index in [9.17, 15) is 42.7 Å². The molecule has 0 saturated carbocycles. The van der Waals surface area contributed by atoms with Gasteiger partial charge in [0, 0.05) is 6.20 Å². The van der Waals surface area contributed by atoms with Gasteiger partial charge < -0.3 is 39.7 Å². The molecule has 16 nitrogen and oxygen atoms in total. The smallest absolute Gasteiger partial charge is 0.756 e. The Bertz CT molecular complexity index is 965. The van der Waals surface area contributed by atoms with Crippen LogP contribution in [0.5, 0.6) is 0 Å². The van der Waals surface area contributed by atoms with Crippen molar-refractivity contribution in [2.24, 2.45) is 0 Å². The maximum atomic E-state index is 14.2. The third-order valence-corrected chi connectivity index (χ3v) is 6.91. The normalized spacial score (nSPS) is 28.1. The van der Waals surface area contributed by atoms with Gasteiger partial charge in [-0.2, -0.15) is 4.98 Å². The van der Waals surface area contributed by atoms with Gasteiger partial charge in [0.1, 0.15) is 18.0 Å². The Morgan fingerprint density at radius 3 is 2.25 bits per heavy atom. The van der Waals surface area contributed by atoms with Crippen LogP contribution in [0.1, 0.15) is 6.23 Å². The third-order valence-electron chi connectivity index (χ3n) is 3.22. The zero-order chi connectivity index (χ0) is 22.2. The first-order valence-corrected chi connectivity index (χ1v) is 11.6. The fourth-order valence-corrected chi connectivity index (χ4v) is 5.03. The van der Waals surface area contributed by atoms with Crippen LogP contribution in [0, 0.1) is 0 Å². The molecule has 2 rings (SSSR count). The predicted molar refractivity (Wildman–Crippen MR) is 80.9 cm³/mol. The van der Waals surface area contributed by atoms with Gasteiger partial charge in [0.2, 0.25) is 0 Å². The zero-order valence-corrected chi connectivity index (χ0v) is 19.4. The number of halogens is 1. The number of aromatic nitrogens is 2. The monoisotopic (exact) mass is 503 g/mol. The van der Waals surface area contributed by atoms with Crippen molar-refractivity contribution in [2.75, 3.05) is 12.3 Å². The summed E-state index contributed by atoms with van der Waals surface area (Å²) < 4.78 is 63.3. The molecule has 0 spiro atoms. The summed E-state index contributed by atoms with van der Waals surface area (Å²) in [5.74, 6) is -0.181. The molecule has 0 aliphatic carbocycles. The van der Waals surface area contributed by atoms with Crippen LogP contribution in [0.25, 0.3) is 0 Å². The van der Waals surface area contributed by atoms with Gasteiger partial charge in [-0.05, 0) is 6.07 Å². The van der Waals surface area contributed by atoms with Crippen molar-refractivity contribution in [3.63, 3.8) is 0 Å². The first-order chi connectivity index (χ1) is 13.1. The van der Waals surface area contributed by atoms with Crippen LogP contribution < -0.4 is 82.7 Å². The van der Waals surface area contributed by atoms with E-state index in [1.807, 2.05) is 0 Å². The van der Waals surface area contributed by atoms with E-state index in [2.05, 4.69) is 18.1 Å². The molecule has 166 valence electrons. The Labute approximate surface area is 215 Å². The summed E-state index contributed by atoms with van der Waals surface area (Å²) in [6.07, 6.45) is -6.77. The number of aliphatic hydroxyl groups excluding tert-OH is 1. The van der Waals surface area contributed by atoms with E-state index in [-0.39, 0.29) is 62.4 Å². The van der Waals surface area contributed by atoms with E-state index in [0.29, 0.717) is 4.57 Å². The molecular formula is C9H12FLi3N3O13P3. The molecular weight excluding hydrogens is 491 g/mol. The molecule has 1 aliphatic heterocycles. The van der Waals surface area contributed by atoms with Crippen LogP contribution in [0.15, 0.2) is 17.1 Å². The molecule has 2 heterocycles. The van der Waals surface area contributed by atoms with Crippen LogP contribution >= 0.6 is 23.5 Å².